The SMILES string of the molecule is COc1cc(F)c2c(c1)c1c(n2C)CCNC1. The van der Waals surface area contributed by atoms with Crippen LogP contribution in [0, 0.1) is 5.82 Å². The van der Waals surface area contributed by atoms with Gasteiger partial charge in [-0.25, -0.2) is 4.39 Å². The number of hydrogen-bond acceptors (Lipinski definition) is 2. The molecule has 3 rings (SSSR count). The molecule has 1 aromatic carbocycles. The molecule has 0 saturated carbocycles. The predicted octanol–water partition coefficient (Wildman–Crippen LogP) is 1.97. The van der Waals surface area contributed by atoms with E-state index in [0.29, 0.717) is 11.3 Å². The maximum absolute atomic E-state index is 14.1. The Morgan fingerprint density at radius 3 is 3.00 bits per heavy atom. The molecule has 1 aliphatic heterocycles. The average molecular weight is 234 g/mol. The van der Waals surface area contributed by atoms with Gasteiger partial charge in [0.05, 0.1) is 12.6 Å². The van der Waals surface area contributed by atoms with Crippen molar-refractivity contribution in [3.05, 3.63) is 29.2 Å². The summed E-state index contributed by atoms with van der Waals surface area (Å²) >= 11 is 0. The molecule has 1 N–H and O–H groups in total. The van der Waals surface area contributed by atoms with Crippen molar-refractivity contribution in [2.24, 2.45) is 7.05 Å². The van der Waals surface area contributed by atoms with Crippen LogP contribution in [0.4, 0.5) is 4.39 Å². The first kappa shape index (κ1) is 10.6. The fourth-order valence-electron chi connectivity index (χ4n) is 2.69. The monoisotopic (exact) mass is 234 g/mol. The summed E-state index contributed by atoms with van der Waals surface area (Å²) in [5.74, 6) is 0.366. The van der Waals surface area contributed by atoms with Crippen LogP contribution in [-0.2, 0) is 20.0 Å². The van der Waals surface area contributed by atoms with E-state index >= 15 is 0 Å². The molecule has 0 unspecified atom stereocenters. The van der Waals surface area contributed by atoms with Gasteiger partial charge in [0, 0.05) is 43.7 Å². The first-order valence-corrected chi connectivity index (χ1v) is 5.76. The van der Waals surface area contributed by atoms with Gasteiger partial charge in [-0.2, -0.15) is 0 Å². The molecule has 2 heterocycles. The van der Waals surface area contributed by atoms with Crippen LogP contribution < -0.4 is 10.1 Å². The Balaban J connectivity index is 2.38. The Labute approximate surface area is 99.2 Å². The second kappa shape index (κ2) is 3.74. The number of nitrogens with zero attached hydrogens (tertiary/aromatic N) is 1. The van der Waals surface area contributed by atoms with Gasteiger partial charge in [-0.15, -0.1) is 0 Å². The van der Waals surface area contributed by atoms with Crippen LogP contribution in [0.2, 0.25) is 0 Å². The molecular weight excluding hydrogens is 219 g/mol. The molecule has 0 saturated heterocycles. The molecule has 0 atom stereocenters. The zero-order valence-electron chi connectivity index (χ0n) is 10.0. The number of aryl methyl sites for hydroxylation is 1. The highest BCUT2D eigenvalue weighted by Crippen LogP contribution is 2.32. The number of methoxy groups -OCH3 is 1. The zero-order valence-corrected chi connectivity index (χ0v) is 10.0. The summed E-state index contributed by atoms with van der Waals surface area (Å²) in [6.07, 6.45) is 0.947. The van der Waals surface area contributed by atoms with Gasteiger partial charge in [-0.05, 0) is 11.6 Å². The maximum atomic E-state index is 14.1. The van der Waals surface area contributed by atoms with E-state index in [1.165, 1.54) is 17.3 Å². The number of fused-ring (bicyclic) bond motifs is 3. The standard InChI is InChI=1S/C13H15FN2O/c1-16-12-3-4-15-7-10(12)9-5-8(17-2)6-11(14)13(9)16/h5-6,15H,3-4,7H2,1-2H3. The second-order valence-corrected chi connectivity index (χ2v) is 4.42. The van der Waals surface area contributed by atoms with Crippen LogP contribution in [0.1, 0.15) is 11.3 Å². The Morgan fingerprint density at radius 2 is 2.24 bits per heavy atom. The van der Waals surface area contributed by atoms with Crippen LogP contribution >= 0.6 is 0 Å². The van der Waals surface area contributed by atoms with Crippen molar-refractivity contribution in [2.75, 3.05) is 13.7 Å². The second-order valence-electron chi connectivity index (χ2n) is 4.42. The normalized spacial score (nSPS) is 15.0. The number of hydrogen-bond donors (Lipinski definition) is 1. The van der Waals surface area contributed by atoms with E-state index in [-0.39, 0.29) is 5.82 Å². The van der Waals surface area contributed by atoms with Gasteiger partial charge in [0.15, 0.2) is 5.82 Å². The zero-order chi connectivity index (χ0) is 12.0. The van der Waals surface area contributed by atoms with Gasteiger partial charge in [0.1, 0.15) is 5.75 Å². The molecule has 0 radical (unpaired) electrons. The van der Waals surface area contributed by atoms with E-state index in [9.17, 15) is 4.39 Å². The molecule has 0 aliphatic carbocycles. The summed E-state index contributed by atoms with van der Waals surface area (Å²) in [6.45, 7) is 1.76. The van der Waals surface area contributed by atoms with E-state index in [1.807, 2.05) is 17.7 Å². The topological polar surface area (TPSA) is 26.2 Å². The molecule has 1 aromatic heterocycles. The summed E-state index contributed by atoms with van der Waals surface area (Å²) in [5, 5.41) is 4.29. The summed E-state index contributed by atoms with van der Waals surface area (Å²) in [7, 11) is 3.50. The lowest BCUT2D eigenvalue weighted by molar-refractivity contribution is 0.412. The average Bonchev–Trinajstić information content (AvgIpc) is 2.64. The maximum Gasteiger partial charge on any atom is 0.151 e. The third-order valence-electron chi connectivity index (χ3n) is 3.53. The minimum absolute atomic E-state index is 0.212. The fraction of sp³-hybridized carbons (Fsp3) is 0.385. The summed E-state index contributed by atoms with van der Waals surface area (Å²) < 4.78 is 21.2. The van der Waals surface area contributed by atoms with Crippen molar-refractivity contribution in [3.63, 3.8) is 0 Å². The van der Waals surface area contributed by atoms with E-state index in [0.717, 1.165) is 24.9 Å². The summed E-state index contributed by atoms with van der Waals surface area (Å²) in [4.78, 5) is 0. The molecule has 90 valence electrons. The van der Waals surface area contributed by atoms with Crippen LogP contribution in [0.5, 0.6) is 5.75 Å². The van der Waals surface area contributed by atoms with E-state index in [1.54, 1.807) is 7.11 Å². The van der Waals surface area contributed by atoms with Crippen molar-refractivity contribution < 1.29 is 9.13 Å². The van der Waals surface area contributed by atoms with Crippen LogP contribution in [0.25, 0.3) is 10.9 Å². The quantitative estimate of drug-likeness (QED) is 0.816. The fourth-order valence-corrected chi connectivity index (χ4v) is 2.69. The Morgan fingerprint density at radius 1 is 1.41 bits per heavy atom. The molecule has 0 amide bonds. The largest absolute Gasteiger partial charge is 0.497 e. The number of benzene rings is 1. The van der Waals surface area contributed by atoms with E-state index in [4.69, 9.17) is 4.74 Å². The van der Waals surface area contributed by atoms with Gasteiger partial charge in [0.25, 0.3) is 0 Å². The highest BCUT2D eigenvalue weighted by atomic mass is 19.1. The summed E-state index contributed by atoms with van der Waals surface area (Å²) in [6, 6.07) is 3.37. The van der Waals surface area contributed by atoms with Crippen LogP contribution in [0.15, 0.2) is 12.1 Å². The lowest BCUT2D eigenvalue weighted by Crippen LogP contribution is -2.24. The number of ether oxygens (including phenoxy) is 1. The van der Waals surface area contributed by atoms with Crippen molar-refractivity contribution in [1.82, 2.24) is 9.88 Å². The molecule has 4 heteroatoms. The minimum atomic E-state index is -0.212. The van der Waals surface area contributed by atoms with Crippen molar-refractivity contribution in [3.8, 4) is 5.75 Å². The van der Waals surface area contributed by atoms with Gasteiger partial charge < -0.3 is 14.6 Å². The number of halogens is 1. The van der Waals surface area contributed by atoms with Crippen LogP contribution in [0.3, 0.4) is 0 Å². The third-order valence-corrected chi connectivity index (χ3v) is 3.53. The number of rotatable bonds is 1. The van der Waals surface area contributed by atoms with Crippen LogP contribution in [-0.4, -0.2) is 18.2 Å². The number of nitrogens with one attached hydrogen (secondary N) is 1. The molecular formula is C13H15FN2O. The predicted molar refractivity (Wildman–Crippen MR) is 64.8 cm³/mol. The molecule has 1 aliphatic rings. The van der Waals surface area contributed by atoms with Gasteiger partial charge in [-0.1, -0.05) is 0 Å². The van der Waals surface area contributed by atoms with E-state index < -0.39 is 0 Å². The first-order chi connectivity index (χ1) is 8.22. The molecule has 17 heavy (non-hydrogen) atoms. The minimum Gasteiger partial charge on any atom is -0.497 e. The van der Waals surface area contributed by atoms with Crippen molar-refractivity contribution >= 4 is 10.9 Å². The molecule has 0 bridgehead atoms. The van der Waals surface area contributed by atoms with Gasteiger partial charge in [-0.3, -0.25) is 0 Å². The highest BCUT2D eigenvalue weighted by molar-refractivity contribution is 5.87. The first-order valence-electron chi connectivity index (χ1n) is 5.76. The Kier molecular flexibility index (Phi) is 2.33. The number of aromatic nitrogens is 1. The molecule has 0 spiro atoms. The molecule has 2 aromatic rings. The van der Waals surface area contributed by atoms with Gasteiger partial charge in [0.2, 0.25) is 0 Å². The van der Waals surface area contributed by atoms with Crippen molar-refractivity contribution in [1.29, 1.82) is 0 Å². The van der Waals surface area contributed by atoms with Crippen molar-refractivity contribution in [2.45, 2.75) is 13.0 Å². The Bertz CT molecular complexity index is 589. The lowest BCUT2D eigenvalue weighted by Gasteiger charge is -2.14. The lowest BCUT2D eigenvalue weighted by atomic mass is 10.1. The molecule has 0 fully saturated rings. The van der Waals surface area contributed by atoms with Gasteiger partial charge >= 0.3 is 0 Å². The molecule has 3 nitrogen and oxygen atoms in total. The Hall–Kier alpha value is -1.55. The highest BCUT2D eigenvalue weighted by Gasteiger charge is 2.20. The smallest absolute Gasteiger partial charge is 0.151 e. The summed E-state index contributed by atoms with van der Waals surface area (Å²) in [5.41, 5.74) is 3.11. The third kappa shape index (κ3) is 1.44. The van der Waals surface area contributed by atoms with E-state index in [2.05, 4.69) is 5.32 Å².